The lowest BCUT2D eigenvalue weighted by atomic mass is 10.1. The Labute approximate surface area is 183 Å². The fraction of sp³-hybridized carbons (Fsp3) is 0.417. The van der Waals surface area contributed by atoms with Crippen molar-refractivity contribution in [1.29, 1.82) is 0 Å². The van der Waals surface area contributed by atoms with E-state index in [-0.39, 0.29) is 0 Å². The molecule has 1 aromatic heterocycles. The van der Waals surface area contributed by atoms with Crippen LogP contribution in [0.1, 0.15) is 30.9 Å². The fourth-order valence-corrected chi connectivity index (χ4v) is 4.15. The number of aryl methyl sites for hydroxylation is 2. The molecule has 0 bridgehead atoms. The van der Waals surface area contributed by atoms with E-state index in [9.17, 15) is 0 Å². The van der Waals surface area contributed by atoms with E-state index in [2.05, 4.69) is 66.9 Å². The van der Waals surface area contributed by atoms with E-state index in [1.165, 1.54) is 28.9 Å². The zero-order valence-corrected chi connectivity index (χ0v) is 18.8. The molecular formula is C24H31N4OS+. The first-order valence-corrected chi connectivity index (χ1v) is 11.3. The maximum absolute atomic E-state index is 5.91. The van der Waals surface area contributed by atoms with Gasteiger partial charge in [0.05, 0.1) is 13.2 Å². The summed E-state index contributed by atoms with van der Waals surface area (Å²) in [4.78, 5) is 1.45. The molecule has 4 rings (SSSR count). The lowest BCUT2D eigenvalue weighted by molar-refractivity contribution is -0.930. The molecule has 158 valence electrons. The predicted octanol–water partition coefficient (Wildman–Crippen LogP) is 3.59. The van der Waals surface area contributed by atoms with Crippen molar-refractivity contribution < 1.29 is 9.64 Å². The van der Waals surface area contributed by atoms with E-state index < -0.39 is 0 Å². The van der Waals surface area contributed by atoms with Crippen molar-refractivity contribution in [3.05, 3.63) is 64.4 Å². The molecule has 1 fully saturated rings. The largest absolute Gasteiger partial charge is 0.370 e. The quantitative estimate of drug-likeness (QED) is 0.590. The summed E-state index contributed by atoms with van der Waals surface area (Å²) >= 11 is 5.91. The number of aromatic nitrogens is 3. The van der Waals surface area contributed by atoms with Gasteiger partial charge in [0.25, 0.3) is 0 Å². The first kappa shape index (κ1) is 21.0. The van der Waals surface area contributed by atoms with Crippen molar-refractivity contribution >= 4 is 12.2 Å². The van der Waals surface area contributed by atoms with Gasteiger partial charge in [0.15, 0.2) is 12.5 Å². The van der Waals surface area contributed by atoms with Gasteiger partial charge in [-0.1, -0.05) is 55.3 Å². The summed E-state index contributed by atoms with van der Waals surface area (Å²) in [6.45, 7) is 8.67. The van der Waals surface area contributed by atoms with E-state index >= 15 is 0 Å². The first-order valence-electron chi connectivity index (χ1n) is 10.9. The number of hydrogen-bond acceptors (Lipinski definition) is 3. The lowest BCUT2D eigenvalue weighted by Crippen LogP contribution is -3.13. The molecule has 2 aromatic carbocycles. The van der Waals surface area contributed by atoms with E-state index in [1.807, 2.05) is 4.68 Å². The molecule has 0 atom stereocenters. The highest BCUT2D eigenvalue weighted by atomic mass is 32.1. The molecule has 2 heterocycles. The minimum absolute atomic E-state index is 0.742. The van der Waals surface area contributed by atoms with Gasteiger partial charge in [-0.05, 0) is 49.7 Å². The molecule has 30 heavy (non-hydrogen) atoms. The number of quaternary nitrogens is 1. The molecule has 1 saturated heterocycles. The van der Waals surface area contributed by atoms with Crippen molar-refractivity contribution in [1.82, 2.24) is 14.3 Å². The summed E-state index contributed by atoms with van der Waals surface area (Å²) in [5, 5.41) is 4.97. The maximum atomic E-state index is 5.91. The van der Waals surface area contributed by atoms with Crippen LogP contribution in [0.15, 0.2) is 48.5 Å². The maximum Gasteiger partial charge on any atom is 0.207 e. The van der Waals surface area contributed by atoms with Crippen LogP contribution in [0.5, 0.6) is 0 Å². The molecule has 3 aromatic rings. The Morgan fingerprint density at radius 2 is 1.73 bits per heavy atom. The minimum atomic E-state index is 0.742. The molecule has 0 amide bonds. The number of benzene rings is 2. The zero-order valence-electron chi connectivity index (χ0n) is 17.9. The molecule has 0 spiro atoms. The van der Waals surface area contributed by atoms with Gasteiger partial charge in [-0.2, -0.15) is 4.68 Å². The molecule has 1 N–H and O–H groups in total. The van der Waals surface area contributed by atoms with Crippen LogP contribution in [-0.4, -0.2) is 40.7 Å². The Morgan fingerprint density at radius 3 is 2.40 bits per heavy atom. The molecule has 1 aliphatic heterocycles. The molecule has 1 aliphatic rings. The van der Waals surface area contributed by atoms with E-state index in [1.54, 1.807) is 0 Å². The topological polar surface area (TPSA) is 36.4 Å². The third-order valence-electron chi connectivity index (χ3n) is 5.74. The summed E-state index contributed by atoms with van der Waals surface area (Å²) in [7, 11) is 0. The summed E-state index contributed by atoms with van der Waals surface area (Å²) in [5.74, 6) is 0.897. The lowest BCUT2D eigenvalue weighted by Gasteiger charge is -2.23. The van der Waals surface area contributed by atoms with Crippen LogP contribution in [0, 0.1) is 11.7 Å². The van der Waals surface area contributed by atoms with E-state index in [4.69, 9.17) is 22.1 Å². The molecule has 5 nitrogen and oxygen atoms in total. The smallest absolute Gasteiger partial charge is 0.207 e. The van der Waals surface area contributed by atoms with Gasteiger partial charge in [0.2, 0.25) is 4.77 Å². The normalized spacial score (nSPS) is 14.9. The van der Waals surface area contributed by atoms with Crippen molar-refractivity contribution in [2.24, 2.45) is 0 Å². The van der Waals surface area contributed by atoms with Gasteiger partial charge in [-0.3, -0.25) is 4.57 Å². The van der Waals surface area contributed by atoms with Crippen LogP contribution in [0.25, 0.3) is 17.1 Å². The van der Waals surface area contributed by atoms with Crippen LogP contribution < -0.4 is 4.90 Å². The fourth-order valence-electron chi connectivity index (χ4n) is 3.86. The second-order valence-electron chi connectivity index (χ2n) is 8.10. The van der Waals surface area contributed by atoms with Gasteiger partial charge in [-0.25, -0.2) is 0 Å². The molecule has 0 aliphatic carbocycles. The zero-order chi connectivity index (χ0) is 20.9. The Hall–Kier alpha value is -2.28. The third-order valence-corrected chi connectivity index (χ3v) is 6.13. The highest BCUT2D eigenvalue weighted by Gasteiger charge is 2.19. The molecule has 0 unspecified atom stereocenters. The summed E-state index contributed by atoms with van der Waals surface area (Å²) in [6.07, 6.45) is 3.54. The van der Waals surface area contributed by atoms with Crippen molar-refractivity contribution in [3.63, 3.8) is 0 Å². The molecule has 6 heteroatoms. The second-order valence-corrected chi connectivity index (χ2v) is 8.46. The van der Waals surface area contributed by atoms with Gasteiger partial charge < -0.3 is 9.64 Å². The number of unbranched alkanes of at least 4 members (excludes halogenated alkanes) is 1. The average molecular weight is 424 g/mol. The summed E-state index contributed by atoms with van der Waals surface area (Å²) in [6, 6.07) is 17.3. The van der Waals surface area contributed by atoms with Gasteiger partial charge in [0.1, 0.15) is 13.1 Å². The standard InChI is InChI=1S/C24H30N4OS/c1-3-4-5-20-8-12-22(13-9-20)28-23(21-10-6-19(2)7-11-21)25-27(24(28)30)18-26-14-16-29-17-15-26/h6-13H,3-5,14-18H2,1-2H3/p+1. The number of rotatable bonds is 7. The Morgan fingerprint density at radius 1 is 1.03 bits per heavy atom. The molecule has 0 radical (unpaired) electrons. The number of hydrogen-bond donors (Lipinski definition) is 1. The van der Waals surface area contributed by atoms with Crippen LogP contribution in [0.2, 0.25) is 0 Å². The van der Waals surface area contributed by atoms with Gasteiger partial charge in [-0.15, -0.1) is 5.10 Å². The van der Waals surface area contributed by atoms with Gasteiger partial charge in [0, 0.05) is 11.3 Å². The van der Waals surface area contributed by atoms with Crippen LogP contribution >= 0.6 is 12.2 Å². The highest BCUT2D eigenvalue weighted by Crippen LogP contribution is 2.23. The predicted molar refractivity (Wildman–Crippen MR) is 123 cm³/mol. The second kappa shape index (κ2) is 9.69. The van der Waals surface area contributed by atoms with Crippen molar-refractivity contribution in [3.8, 4) is 17.1 Å². The Kier molecular flexibility index (Phi) is 6.77. The van der Waals surface area contributed by atoms with Crippen LogP contribution in [0.3, 0.4) is 0 Å². The number of nitrogens with one attached hydrogen (secondary N) is 1. The third kappa shape index (κ3) is 4.72. The SMILES string of the molecule is CCCCc1ccc(-n2c(-c3ccc(C)cc3)nn(C[NH+]3CCOCC3)c2=S)cc1. The summed E-state index contributed by atoms with van der Waals surface area (Å²) in [5.41, 5.74) is 4.76. The van der Waals surface area contributed by atoms with E-state index in [0.717, 1.165) is 61.2 Å². The molecule has 0 saturated carbocycles. The van der Waals surface area contributed by atoms with E-state index in [0.29, 0.717) is 0 Å². The highest BCUT2D eigenvalue weighted by molar-refractivity contribution is 7.71. The summed E-state index contributed by atoms with van der Waals surface area (Å²) < 4.78 is 10.3. The number of nitrogens with zero attached hydrogens (tertiary/aromatic N) is 3. The number of ether oxygens (including phenoxy) is 1. The van der Waals surface area contributed by atoms with Crippen molar-refractivity contribution in [2.75, 3.05) is 26.3 Å². The number of morpholine rings is 1. The minimum Gasteiger partial charge on any atom is -0.370 e. The first-order chi connectivity index (χ1) is 14.7. The Balaban J connectivity index is 1.72. The molecular weight excluding hydrogens is 392 g/mol. The Bertz CT molecular complexity index is 1010. The van der Waals surface area contributed by atoms with Crippen molar-refractivity contribution in [2.45, 2.75) is 39.8 Å². The van der Waals surface area contributed by atoms with Crippen LogP contribution in [-0.2, 0) is 17.8 Å². The van der Waals surface area contributed by atoms with Crippen LogP contribution in [0.4, 0.5) is 0 Å². The monoisotopic (exact) mass is 423 g/mol. The average Bonchev–Trinajstić information content (AvgIpc) is 3.10. The van der Waals surface area contributed by atoms with Gasteiger partial charge >= 0.3 is 0 Å².